The van der Waals surface area contributed by atoms with Crippen molar-refractivity contribution in [2.24, 2.45) is 0 Å². The number of hydrogen-bond donors (Lipinski definition) is 0. The first kappa shape index (κ1) is 20.6. The number of rotatable bonds is 10. The summed E-state index contributed by atoms with van der Waals surface area (Å²) in [5, 5.41) is 0. The summed E-state index contributed by atoms with van der Waals surface area (Å²) in [6.45, 7) is 0. The van der Waals surface area contributed by atoms with Crippen LogP contribution in [-0.2, 0) is 0 Å². The van der Waals surface area contributed by atoms with Crippen molar-refractivity contribution in [3.63, 3.8) is 0 Å². The van der Waals surface area contributed by atoms with Gasteiger partial charge in [0.2, 0.25) is 0 Å². The second-order valence-electron chi connectivity index (χ2n) is 4.64. The fourth-order valence-corrected chi connectivity index (χ4v) is 1.62. The van der Waals surface area contributed by atoms with Crippen LogP contribution < -0.4 is 0 Å². The standard InChI is InChI=1S/2C10H14/c2*1-3-5-7-9-10-8-6-4-2/h2*1-2H,5-10H2. The summed E-state index contributed by atoms with van der Waals surface area (Å²) in [6.07, 6.45) is 33.5. The van der Waals surface area contributed by atoms with E-state index in [0.717, 1.165) is 51.4 Å². The molecule has 0 saturated heterocycles. The minimum absolute atomic E-state index is 0.913. The van der Waals surface area contributed by atoms with E-state index in [0.29, 0.717) is 0 Å². The van der Waals surface area contributed by atoms with Crippen LogP contribution in [0.5, 0.6) is 0 Å². The Morgan fingerprint density at radius 2 is 0.550 bits per heavy atom. The Bertz CT molecular complexity index is 262. The summed E-state index contributed by atoms with van der Waals surface area (Å²) in [6, 6.07) is 0. The van der Waals surface area contributed by atoms with Gasteiger partial charge in [-0.2, -0.15) is 0 Å². The first-order valence-corrected chi connectivity index (χ1v) is 7.57. The Hall–Kier alpha value is -1.76. The zero-order chi connectivity index (χ0) is 15.3. The van der Waals surface area contributed by atoms with Gasteiger partial charge < -0.3 is 0 Å². The van der Waals surface area contributed by atoms with Gasteiger partial charge in [-0.05, 0) is 25.7 Å². The molecule has 0 aromatic heterocycles. The normalized spacial score (nSPS) is 8.20. The molecule has 0 atom stereocenters. The molecule has 0 fully saturated rings. The summed E-state index contributed by atoms with van der Waals surface area (Å²) >= 11 is 0. The molecule has 0 amide bonds. The molecule has 0 unspecified atom stereocenters. The molecule has 0 aliphatic heterocycles. The van der Waals surface area contributed by atoms with E-state index in [1.807, 2.05) is 0 Å². The molecule has 0 N–H and O–H groups in total. The van der Waals surface area contributed by atoms with Crippen LogP contribution in [0.4, 0.5) is 0 Å². The Morgan fingerprint density at radius 1 is 0.350 bits per heavy atom. The average Bonchev–Trinajstić information content (AvgIpc) is 2.47. The quantitative estimate of drug-likeness (QED) is 0.378. The Balaban J connectivity index is 0. The van der Waals surface area contributed by atoms with Crippen LogP contribution in [0.25, 0.3) is 0 Å². The topological polar surface area (TPSA) is 0 Å². The molecule has 0 aromatic carbocycles. The van der Waals surface area contributed by atoms with Crippen LogP contribution in [0, 0.1) is 49.4 Å². The van der Waals surface area contributed by atoms with Crippen LogP contribution in [0.15, 0.2) is 0 Å². The van der Waals surface area contributed by atoms with E-state index in [4.69, 9.17) is 25.7 Å². The van der Waals surface area contributed by atoms with Gasteiger partial charge in [0.15, 0.2) is 0 Å². The van der Waals surface area contributed by atoms with Crippen LogP contribution in [0.3, 0.4) is 0 Å². The van der Waals surface area contributed by atoms with Gasteiger partial charge in [-0.3, -0.25) is 0 Å². The fourth-order valence-electron chi connectivity index (χ4n) is 1.62. The molecule has 108 valence electrons. The van der Waals surface area contributed by atoms with Crippen molar-refractivity contribution in [2.75, 3.05) is 0 Å². The highest BCUT2D eigenvalue weighted by molar-refractivity contribution is 4.85. The highest BCUT2D eigenvalue weighted by Gasteiger charge is 1.86. The maximum Gasteiger partial charge on any atom is 0.00860 e. The highest BCUT2D eigenvalue weighted by Crippen LogP contribution is 2.04. The Morgan fingerprint density at radius 3 is 0.700 bits per heavy atom. The molecule has 0 nitrogen and oxygen atoms in total. The molecule has 0 saturated carbocycles. The van der Waals surface area contributed by atoms with Crippen molar-refractivity contribution in [1.82, 2.24) is 0 Å². The van der Waals surface area contributed by atoms with Crippen LogP contribution in [0.2, 0.25) is 0 Å². The third-order valence-corrected chi connectivity index (χ3v) is 2.78. The Labute approximate surface area is 127 Å². The van der Waals surface area contributed by atoms with Crippen molar-refractivity contribution in [3.8, 4) is 49.4 Å². The smallest absolute Gasteiger partial charge is 0.00860 e. The SMILES string of the molecule is C#CCCCCCCC#C.C#CCCCCCCC#C. The van der Waals surface area contributed by atoms with Crippen molar-refractivity contribution in [1.29, 1.82) is 0 Å². The van der Waals surface area contributed by atoms with Crippen molar-refractivity contribution in [3.05, 3.63) is 0 Å². The fraction of sp³-hybridized carbons (Fsp3) is 0.600. The summed E-state index contributed by atoms with van der Waals surface area (Å²) in [7, 11) is 0. The molecule has 0 rings (SSSR count). The summed E-state index contributed by atoms with van der Waals surface area (Å²) in [5.41, 5.74) is 0. The van der Waals surface area contributed by atoms with E-state index in [1.165, 1.54) is 25.7 Å². The molecular formula is C20H28. The molecular weight excluding hydrogens is 240 g/mol. The van der Waals surface area contributed by atoms with Gasteiger partial charge in [0, 0.05) is 25.7 Å². The van der Waals surface area contributed by atoms with Gasteiger partial charge in [0.05, 0.1) is 0 Å². The minimum Gasteiger partial charge on any atom is -0.120 e. The van der Waals surface area contributed by atoms with E-state index < -0.39 is 0 Å². The number of hydrogen-bond acceptors (Lipinski definition) is 0. The van der Waals surface area contributed by atoms with Crippen LogP contribution >= 0.6 is 0 Å². The largest absolute Gasteiger partial charge is 0.120 e. The zero-order valence-corrected chi connectivity index (χ0v) is 12.8. The third-order valence-electron chi connectivity index (χ3n) is 2.78. The lowest BCUT2D eigenvalue weighted by Crippen LogP contribution is -1.76. The lowest BCUT2D eigenvalue weighted by molar-refractivity contribution is 0.661. The molecule has 0 bridgehead atoms. The molecule has 0 aromatic rings. The van der Waals surface area contributed by atoms with E-state index in [-0.39, 0.29) is 0 Å². The molecule has 0 aliphatic carbocycles. The summed E-state index contributed by atoms with van der Waals surface area (Å²) < 4.78 is 0. The summed E-state index contributed by atoms with van der Waals surface area (Å²) in [4.78, 5) is 0. The van der Waals surface area contributed by atoms with Crippen LogP contribution in [0.1, 0.15) is 77.0 Å². The predicted molar refractivity (Wildman–Crippen MR) is 90.7 cm³/mol. The molecule has 0 aliphatic rings. The third kappa shape index (κ3) is 25.2. The first-order valence-electron chi connectivity index (χ1n) is 7.57. The molecule has 20 heavy (non-hydrogen) atoms. The lowest BCUT2D eigenvalue weighted by atomic mass is 10.1. The van der Waals surface area contributed by atoms with Gasteiger partial charge in [-0.15, -0.1) is 49.4 Å². The van der Waals surface area contributed by atoms with Crippen molar-refractivity contribution < 1.29 is 0 Å². The van der Waals surface area contributed by atoms with Crippen molar-refractivity contribution >= 4 is 0 Å². The molecule has 0 heterocycles. The second-order valence-corrected chi connectivity index (χ2v) is 4.64. The Kier molecular flexibility index (Phi) is 23.0. The second kappa shape index (κ2) is 22.4. The van der Waals surface area contributed by atoms with Gasteiger partial charge in [-0.1, -0.05) is 25.7 Å². The lowest BCUT2D eigenvalue weighted by Gasteiger charge is -1.93. The van der Waals surface area contributed by atoms with Crippen LogP contribution in [-0.4, -0.2) is 0 Å². The van der Waals surface area contributed by atoms with E-state index in [1.54, 1.807) is 0 Å². The monoisotopic (exact) mass is 268 g/mol. The van der Waals surface area contributed by atoms with E-state index >= 15 is 0 Å². The number of unbranched alkanes of at least 4 members (excludes halogenated alkanes) is 10. The molecule has 0 spiro atoms. The summed E-state index contributed by atoms with van der Waals surface area (Å²) in [5.74, 6) is 10.5. The van der Waals surface area contributed by atoms with Gasteiger partial charge in [0.1, 0.15) is 0 Å². The maximum absolute atomic E-state index is 5.09. The number of terminal acetylenes is 4. The first-order chi connectivity index (χ1) is 9.83. The molecule has 0 heteroatoms. The van der Waals surface area contributed by atoms with E-state index in [2.05, 4.69) is 23.7 Å². The molecule has 0 radical (unpaired) electrons. The van der Waals surface area contributed by atoms with Gasteiger partial charge in [0.25, 0.3) is 0 Å². The van der Waals surface area contributed by atoms with Crippen molar-refractivity contribution in [2.45, 2.75) is 77.0 Å². The van der Waals surface area contributed by atoms with Gasteiger partial charge >= 0.3 is 0 Å². The van der Waals surface area contributed by atoms with E-state index in [9.17, 15) is 0 Å². The highest BCUT2D eigenvalue weighted by atomic mass is 13.9. The minimum atomic E-state index is 0.913. The van der Waals surface area contributed by atoms with Gasteiger partial charge in [-0.25, -0.2) is 0 Å². The predicted octanol–water partition coefficient (Wildman–Crippen LogP) is 5.19. The zero-order valence-electron chi connectivity index (χ0n) is 12.8. The maximum atomic E-state index is 5.09. The average molecular weight is 268 g/mol.